The van der Waals surface area contributed by atoms with Crippen LogP contribution in [0.2, 0.25) is 0 Å². The van der Waals surface area contributed by atoms with E-state index in [4.69, 9.17) is 9.47 Å². The van der Waals surface area contributed by atoms with Gasteiger partial charge in [0, 0.05) is 25.2 Å². The van der Waals surface area contributed by atoms with E-state index in [1.54, 1.807) is 0 Å². The van der Waals surface area contributed by atoms with Crippen LogP contribution >= 0.6 is 0 Å². The van der Waals surface area contributed by atoms with Crippen LogP contribution in [0.15, 0.2) is 18.2 Å². The smallest absolute Gasteiger partial charge is 0.311 e. The summed E-state index contributed by atoms with van der Waals surface area (Å²) in [6, 6.07) is 4.08. The van der Waals surface area contributed by atoms with Gasteiger partial charge in [0.1, 0.15) is 5.75 Å². The molecule has 0 spiro atoms. The third kappa shape index (κ3) is 5.65. The maximum Gasteiger partial charge on any atom is 0.311 e. The highest BCUT2D eigenvalue weighted by molar-refractivity contribution is 5.77. The number of hydrogen-bond acceptors (Lipinski definition) is 6. The molecule has 1 aromatic carbocycles. The van der Waals surface area contributed by atoms with Crippen LogP contribution in [0.4, 0.5) is 5.69 Å². The minimum atomic E-state index is -0.546. The SMILES string of the molecule is CCNCCNC(=O)COc1ccc([N+](=O)[O-])c(OC)c1. The van der Waals surface area contributed by atoms with Gasteiger partial charge in [0.15, 0.2) is 6.61 Å². The van der Waals surface area contributed by atoms with Crippen molar-refractivity contribution in [3.63, 3.8) is 0 Å². The molecule has 1 rings (SSSR count). The molecule has 0 aliphatic rings. The summed E-state index contributed by atoms with van der Waals surface area (Å²) in [5.74, 6) is 0.162. The Hall–Kier alpha value is -2.35. The summed E-state index contributed by atoms with van der Waals surface area (Å²) in [5, 5.41) is 16.5. The fourth-order valence-electron chi connectivity index (χ4n) is 1.57. The Morgan fingerprint density at radius 2 is 2.14 bits per heavy atom. The van der Waals surface area contributed by atoms with Crippen LogP contribution in [-0.2, 0) is 4.79 Å². The second-order valence-corrected chi connectivity index (χ2v) is 4.08. The van der Waals surface area contributed by atoms with Gasteiger partial charge in [0.25, 0.3) is 5.91 Å². The molecule has 0 unspecified atom stereocenters. The van der Waals surface area contributed by atoms with Crippen molar-refractivity contribution < 1.29 is 19.2 Å². The topological polar surface area (TPSA) is 103 Å². The molecule has 0 saturated heterocycles. The van der Waals surface area contributed by atoms with Crippen LogP contribution in [0.1, 0.15) is 6.92 Å². The quantitative estimate of drug-likeness (QED) is 0.395. The second kappa shape index (κ2) is 8.75. The highest BCUT2D eigenvalue weighted by Gasteiger charge is 2.15. The molecular weight excluding hydrogens is 278 g/mol. The van der Waals surface area contributed by atoms with Crippen LogP contribution in [0, 0.1) is 10.1 Å². The van der Waals surface area contributed by atoms with Crippen molar-refractivity contribution in [2.24, 2.45) is 0 Å². The second-order valence-electron chi connectivity index (χ2n) is 4.08. The zero-order valence-corrected chi connectivity index (χ0v) is 12.0. The number of carbonyl (C=O) groups excluding carboxylic acids is 1. The lowest BCUT2D eigenvalue weighted by molar-refractivity contribution is -0.385. The first-order valence-corrected chi connectivity index (χ1v) is 6.51. The number of nitro benzene ring substituents is 1. The molecule has 0 fully saturated rings. The van der Waals surface area contributed by atoms with E-state index >= 15 is 0 Å². The molecule has 0 aliphatic carbocycles. The number of rotatable bonds is 9. The molecule has 0 aromatic heterocycles. The molecule has 8 heteroatoms. The summed E-state index contributed by atoms with van der Waals surface area (Å²) < 4.78 is 10.2. The molecule has 0 radical (unpaired) electrons. The minimum Gasteiger partial charge on any atom is -0.490 e. The number of likely N-dealkylation sites (N-methyl/N-ethyl adjacent to an activating group) is 1. The monoisotopic (exact) mass is 297 g/mol. The fraction of sp³-hybridized carbons (Fsp3) is 0.462. The van der Waals surface area contributed by atoms with Crippen molar-refractivity contribution in [1.82, 2.24) is 10.6 Å². The minimum absolute atomic E-state index is 0.0880. The molecule has 116 valence electrons. The number of hydrogen-bond donors (Lipinski definition) is 2. The number of amides is 1. The van der Waals surface area contributed by atoms with E-state index in [1.165, 1.54) is 25.3 Å². The largest absolute Gasteiger partial charge is 0.490 e. The summed E-state index contributed by atoms with van der Waals surface area (Å²) >= 11 is 0. The predicted molar refractivity (Wildman–Crippen MR) is 76.7 cm³/mol. The normalized spacial score (nSPS) is 10.0. The zero-order valence-electron chi connectivity index (χ0n) is 12.0. The highest BCUT2D eigenvalue weighted by Crippen LogP contribution is 2.30. The first-order chi connectivity index (χ1) is 10.1. The van der Waals surface area contributed by atoms with Gasteiger partial charge in [-0.2, -0.15) is 0 Å². The van der Waals surface area contributed by atoms with E-state index in [-0.39, 0.29) is 24.0 Å². The number of carbonyl (C=O) groups is 1. The van der Waals surface area contributed by atoms with E-state index < -0.39 is 4.92 Å². The average molecular weight is 297 g/mol. The molecule has 1 amide bonds. The molecular formula is C13H19N3O5. The molecule has 0 saturated carbocycles. The highest BCUT2D eigenvalue weighted by atomic mass is 16.6. The van der Waals surface area contributed by atoms with Gasteiger partial charge in [0.2, 0.25) is 5.75 Å². The summed E-state index contributed by atoms with van der Waals surface area (Å²) in [4.78, 5) is 21.7. The summed E-state index contributed by atoms with van der Waals surface area (Å²) in [7, 11) is 1.33. The van der Waals surface area contributed by atoms with Crippen molar-refractivity contribution in [2.75, 3.05) is 33.4 Å². The van der Waals surface area contributed by atoms with Crippen LogP contribution in [0.3, 0.4) is 0 Å². The molecule has 2 N–H and O–H groups in total. The number of methoxy groups -OCH3 is 1. The summed E-state index contributed by atoms with van der Waals surface area (Å²) in [5.41, 5.74) is -0.153. The van der Waals surface area contributed by atoms with Crippen molar-refractivity contribution in [1.29, 1.82) is 0 Å². The predicted octanol–water partition coefficient (Wildman–Crippen LogP) is 0.708. The third-order valence-electron chi connectivity index (χ3n) is 2.59. The van der Waals surface area contributed by atoms with Gasteiger partial charge < -0.3 is 20.1 Å². The average Bonchev–Trinajstić information content (AvgIpc) is 2.49. The van der Waals surface area contributed by atoms with E-state index in [2.05, 4.69) is 10.6 Å². The van der Waals surface area contributed by atoms with Gasteiger partial charge in [-0.3, -0.25) is 14.9 Å². The van der Waals surface area contributed by atoms with E-state index in [0.29, 0.717) is 18.8 Å². The van der Waals surface area contributed by atoms with Crippen molar-refractivity contribution >= 4 is 11.6 Å². The molecule has 0 atom stereocenters. The van der Waals surface area contributed by atoms with Crippen LogP contribution < -0.4 is 20.1 Å². The van der Waals surface area contributed by atoms with Crippen molar-refractivity contribution in [3.05, 3.63) is 28.3 Å². The molecule has 0 bridgehead atoms. The molecule has 0 heterocycles. The Morgan fingerprint density at radius 1 is 1.38 bits per heavy atom. The molecule has 8 nitrogen and oxygen atoms in total. The summed E-state index contributed by atoms with van der Waals surface area (Å²) in [6.45, 7) is 3.86. The van der Waals surface area contributed by atoms with Gasteiger partial charge >= 0.3 is 5.69 Å². The van der Waals surface area contributed by atoms with Crippen LogP contribution in [0.25, 0.3) is 0 Å². The number of nitro groups is 1. The standard InChI is InChI=1S/C13H19N3O5/c1-3-14-6-7-15-13(17)9-21-10-4-5-11(16(18)19)12(8-10)20-2/h4-5,8,14H,3,6-7,9H2,1-2H3,(H,15,17). The number of nitrogens with zero attached hydrogens (tertiary/aromatic N) is 1. The van der Waals surface area contributed by atoms with Crippen molar-refractivity contribution in [2.45, 2.75) is 6.92 Å². The Balaban J connectivity index is 2.48. The Morgan fingerprint density at radius 3 is 2.76 bits per heavy atom. The molecule has 1 aromatic rings. The Kier molecular flexibility index (Phi) is 6.96. The number of nitrogens with one attached hydrogen (secondary N) is 2. The third-order valence-corrected chi connectivity index (χ3v) is 2.59. The van der Waals surface area contributed by atoms with Crippen LogP contribution in [-0.4, -0.2) is 44.2 Å². The lowest BCUT2D eigenvalue weighted by atomic mass is 10.3. The van der Waals surface area contributed by atoms with Gasteiger partial charge in [-0.1, -0.05) is 6.92 Å². The van der Waals surface area contributed by atoms with E-state index in [0.717, 1.165) is 6.54 Å². The fourth-order valence-corrected chi connectivity index (χ4v) is 1.57. The number of ether oxygens (including phenoxy) is 2. The zero-order chi connectivity index (χ0) is 15.7. The molecule has 0 aliphatic heterocycles. The first kappa shape index (κ1) is 16.7. The van der Waals surface area contributed by atoms with Crippen molar-refractivity contribution in [3.8, 4) is 11.5 Å². The first-order valence-electron chi connectivity index (χ1n) is 6.51. The van der Waals surface area contributed by atoms with Gasteiger partial charge in [-0.25, -0.2) is 0 Å². The lowest BCUT2D eigenvalue weighted by Gasteiger charge is -2.09. The van der Waals surface area contributed by atoms with Gasteiger partial charge in [0.05, 0.1) is 12.0 Å². The lowest BCUT2D eigenvalue weighted by Crippen LogP contribution is -2.34. The van der Waals surface area contributed by atoms with Crippen LogP contribution in [0.5, 0.6) is 11.5 Å². The number of benzene rings is 1. The Labute approximate surface area is 122 Å². The maximum atomic E-state index is 11.5. The Bertz CT molecular complexity index is 493. The van der Waals surface area contributed by atoms with E-state index in [1.807, 2.05) is 6.92 Å². The molecule has 21 heavy (non-hydrogen) atoms. The summed E-state index contributed by atoms with van der Waals surface area (Å²) in [6.07, 6.45) is 0. The van der Waals surface area contributed by atoms with Gasteiger partial charge in [-0.05, 0) is 12.6 Å². The van der Waals surface area contributed by atoms with E-state index in [9.17, 15) is 14.9 Å². The maximum absolute atomic E-state index is 11.5. The van der Waals surface area contributed by atoms with Gasteiger partial charge in [-0.15, -0.1) is 0 Å².